The second-order valence-corrected chi connectivity index (χ2v) is 5.87. The van der Waals surface area contributed by atoms with Crippen LogP contribution in [0, 0.1) is 5.82 Å². The number of amides is 1. The minimum absolute atomic E-state index is 0.172. The minimum Gasteiger partial charge on any atom is -0.361 e. The van der Waals surface area contributed by atoms with Gasteiger partial charge in [0.15, 0.2) is 5.82 Å². The molecular formula is C18H15FN6O. The summed E-state index contributed by atoms with van der Waals surface area (Å²) in [5, 5.41) is 14.4. The first-order valence-corrected chi connectivity index (χ1v) is 8.08. The van der Waals surface area contributed by atoms with Crippen LogP contribution in [-0.2, 0) is 11.2 Å². The molecule has 2 heterocycles. The first-order chi connectivity index (χ1) is 12.7. The van der Waals surface area contributed by atoms with Crippen molar-refractivity contribution in [1.82, 2.24) is 25.2 Å². The summed E-state index contributed by atoms with van der Waals surface area (Å²) >= 11 is 0. The molecule has 0 fully saturated rings. The highest BCUT2D eigenvalue weighted by Crippen LogP contribution is 2.18. The first kappa shape index (κ1) is 15.9. The number of benzene rings is 2. The van der Waals surface area contributed by atoms with Gasteiger partial charge in [0.25, 0.3) is 0 Å². The Morgan fingerprint density at radius 3 is 2.92 bits per heavy atom. The Morgan fingerprint density at radius 2 is 2.12 bits per heavy atom. The molecule has 0 aliphatic rings. The summed E-state index contributed by atoms with van der Waals surface area (Å²) in [7, 11) is 0. The molecule has 0 atom stereocenters. The van der Waals surface area contributed by atoms with Gasteiger partial charge in [-0.05, 0) is 64.2 Å². The molecule has 4 rings (SSSR count). The maximum absolute atomic E-state index is 14.2. The van der Waals surface area contributed by atoms with E-state index in [2.05, 4.69) is 31.9 Å². The molecule has 0 radical (unpaired) electrons. The molecule has 4 aromatic rings. The zero-order valence-corrected chi connectivity index (χ0v) is 13.7. The summed E-state index contributed by atoms with van der Waals surface area (Å²) in [6.45, 7) is 0. The topological polar surface area (TPSA) is 88.5 Å². The third-order valence-electron chi connectivity index (χ3n) is 4.09. The van der Waals surface area contributed by atoms with Crippen LogP contribution in [0.5, 0.6) is 0 Å². The van der Waals surface area contributed by atoms with Crippen molar-refractivity contribution >= 4 is 22.5 Å². The van der Waals surface area contributed by atoms with Crippen molar-refractivity contribution in [2.75, 3.05) is 5.32 Å². The van der Waals surface area contributed by atoms with Crippen molar-refractivity contribution in [3.8, 4) is 5.69 Å². The Morgan fingerprint density at radius 1 is 1.19 bits per heavy atom. The summed E-state index contributed by atoms with van der Waals surface area (Å²) in [4.78, 5) is 15.3. The van der Waals surface area contributed by atoms with Gasteiger partial charge in [-0.25, -0.2) is 4.39 Å². The van der Waals surface area contributed by atoms with Crippen LogP contribution in [0.4, 0.5) is 10.1 Å². The fraction of sp³-hybridized carbons (Fsp3) is 0.111. The molecular weight excluding hydrogens is 335 g/mol. The maximum atomic E-state index is 14.2. The lowest BCUT2D eigenvalue weighted by atomic mass is 10.1. The van der Waals surface area contributed by atoms with Gasteiger partial charge in [-0.2, -0.15) is 4.68 Å². The summed E-state index contributed by atoms with van der Waals surface area (Å²) in [5.74, 6) is -0.693. The Hall–Kier alpha value is -3.55. The number of anilines is 1. The van der Waals surface area contributed by atoms with E-state index in [0.717, 1.165) is 16.5 Å². The monoisotopic (exact) mass is 350 g/mol. The van der Waals surface area contributed by atoms with E-state index >= 15 is 0 Å². The van der Waals surface area contributed by atoms with Gasteiger partial charge in [0.05, 0.1) is 0 Å². The van der Waals surface area contributed by atoms with Crippen molar-refractivity contribution in [1.29, 1.82) is 0 Å². The highest BCUT2D eigenvalue weighted by molar-refractivity contribution is 5.91. The van der Waals surface area contributed by atoms with Gasteiger partial charge in [0.1, 0.15) is 12.0 Å². The predicted molar refractivity (Wildman–Crippen MR) is 94.4 cm³/mol. The van der Waals surface area contributed by atoms with Crippen LogP contribution in [-0.4, -0.2) is 31.1 Å². The van der Waals surface area contributed by atoms with Gasteiger partial charge in [-0.1, -0.05) is 6.07 Å². The number of halogens is 1. The average Bonchev–Trinajstić information content (AvgIpc) is 3.31. The van der Waals surface area contributed by atoms with Crippen LogP contribution in [0.25, 0.3) is 16.6 Å². The van der Waals surface area contributed by atoms with E-state index in [1.54, 1.807) is 6.07 Å². The van der Waals surface area contributed by atoms with Gasteiger partial charge < -0.3 is 10.3 Å². The van der Waals surface area contributed by atoms with Crippen LogP contribution in [0.3, 0.4) is 0 Å². The zero-order valence-electron chi connectivity index (χ0n) is 13.7. The molecule has 2 aromatic carbocycles. The number of aromatic nitrogens is 5. The third-order valence-corrected chi connectivity index (χ3v) is 4.09. The van der Waals surface area contributed by atoms with Crippen molar-refractivity contribution in [2.24, 2.45) is 0 Å². The number of aryl methyl sites for hydroxylation is 1. The number of H-pyrrole nitrogens is 1. The summed E-state index contributed by atoms with van der Waals surface area (Å²) in [6.07, 6.45) is 4.11. The molecule has 26 heavy (non-hydrogen) atoms. The number of aromatic amines is 1. The highest BCUT2D eigenvalue weighted by Gasteiger charge is 2.09. The Balaban J connectivity index is 1.39. The summed E-state index contributed by atoms with van der Waals surface area (Å²) in [6, 6.07) is 12.4. The standard InChI is InChI=1S/C18H15FN6O/c19-15-10-14(3-5-17(15)25-11-21-23-24-25)22-18(26)6-2-12-1-4-16-13(9-12)7-8-20-16/h1,3-5,7-11,20H,2,6H2,(H,22,26). The lowest BCUT2D eigenvalue weighted by Crippen LogP contribution is -2.13. The zero-order chi connectivity index (χ0) is 17.9. The van der Waals surface area contributed by atoms with Crippen molar-refractivity contribution in [2.45, 2.75) is 12.8 Å². The number of nitrogens with one attached hydrogen (secondary N) is 2. The second kappa shape index (κ2) is 6.75. The number of hydrogen-bond donors (Lipinski definition) is 2. The molecule has 0 aliphatic heterocycles. The molecule has 0 saturated carbocycles. The molecule has 1 amide bonds. The molecule has 2 N–H and O–H groups in total. The fourth-order valence-electron chi connectivity index (χ4n) is 2.78. The minimum atomic E-state index is -0.520. The van der Waals surface area contributed by atoms with Crippen molar-refractivity contribution in [3.05, 3.63) is 66.4 Å². The maximum Gasteiger partial charge on any atom is 0.224 e. The van der Waals surface area contributed by atoms with E-state index in [1.807, 2.05) is 24.4 Å². The normalized spacial score (nSPS) is 11.0. The second-order valence-electron chi connectivity index (χ2n) is 5.87. The molecule has 0 saturated heterocycles. The van der Waals surface area contributed by atoms with Crippen molar-refractivity contribution in [3.63, 3.8) is 0 Å². The molecule has 0 bridgehead atoms. The Labute approximate surface area is 147 Å². The Kier molecular flexibility index (Phi) is 4.14. The fourth-order valence-corrected chi connectivity index (χ4v) is 2.78. The number of nitrogens with zero attached hydrogens (tertiary/aromatic N) is 4. The number of carbonyl (C=O) groups excluding carboxylic acids is 1. The molecule has 0 aliphatic carbocycles. The van der Waals surface area contributed by atoms with Crippen LogP contribution in [0.2, 0.25) is 0 Å². The number of fused-ring (bicyclic) bond motifs is 1. The highest BCUT2D eigenvalue weighted by atomic mass is 19.1. The molecule has 0 spiro atoms. The lowest BCUT2D eigenvalue weighted by molar-refractivity contribution is -0.116. The number of rotatable bonds is 5. The van der Waals surface area contributed by atoms with Gasteiger partial charge in [-0.15, -0.1) is 5.10 Å². The van der Waals surface area contributed by atoms with Gasteiger partial charge in [0, 0.05) is 23.8 Å². The van der Waals surface area contributed by atoms with E-state index in [4.69, 9.17) is 0 Å². The van der Waals surface area contributed by atoms with E-state index in [0.29, 0.717) is 18.5 Å². The van der Waals surface area contributed by atoms with Gasteiger partial charge >= 0.3 is 0 Å². The smallest absolute Gasteiger partial charge is 0.224 e. The molecule has 130 valence electrons. The lowest BCUT2D eigenvalue weighted by Gasteiger charge is -2.08. The molecule has 8 heteroatoms. The number of carbonyl (C=O) groups is 1. The predicted octanol–water partition coefficient (Wildman–Crippen LogP) is 2.85. The van der Waals surface area contributed by atoms with Crippen molar-refractivity contribution < 1.29 is 9.18 Å². The Bertz CT molecular complexity index is 1060. The first-order valence-electron chi connectivity index (χ1n) is 8.08. The summed E-state index contributed by atoms with van der Waals surface area (Å²) < 4.78 is 15.4. The van der Waals surface area contributed by atoms with Crippen LogP contribution >= 0.6 is 0 Å². The van der Waals surface area contributed by atoms with E-state index in [9.17, 15) is 9.18 Å². The van der Waals surface area contributed by atoms with Crippen LogP contribution < -0.4 is 5.32 Å². The molecule has 0 unspecified atom stereocenters. The number of hydrogen-bond acceptors (Lipinski definition) is 4. The van der Waals surface area contributed by atoms with Crippen LogP contribution in [0.15, 0.2) is 55.0 Å². The van der Waals surface area contributed by atoms with E-state index in [-0.39, 0.29) is 11.6 Å². The molecule has 2 aromatic heterocycles. The van der Waals surface area contributed by atoms with Gasteiger partial charge in [-0.3, -0.25) is 4.79 Å². The third kappa shape index (κ3) is 3.30. The SMILES string of the molecule is O=C(CCc1ccc2[nH]ccc2c1)Nc1ccc(-n2cnnn2)c(F)c1. The summed E-state index contributed by atoms with van der Waals surface area (Å²) in [5.41, 5.74) is 2.75. The average molecular weight is 350 g/mol. The molecule has 7 nitrogen and oxygen atoms in total. The van der Waals surface area contributed by atoms with Crippen LogP contribution in [0.1, 0.15) is 12.0 Å². The van der Waals surface area contributed by atoms with E-state index in [1.165, 1.54) is 23.1 Å². The quantitative estimate of drug-likeness (QED) is 0.579. The largest absolute Gasteiger partial charge is 0.361 e. The van der Waals surface area contributed by atoms with E-state index < -0.39 is 5.82 Å². The van der Waals surface area contributed by atoms with Gasteiger partial charge in [0.2, 0.25) is 5.91 Å². The number of tetrazole rings is 1.